The fourth-order valence-corrected chi connectivity index (χ4v) is 4.58. The van der Waals surface area contributed by atoms with Crippen LogP contribution in [0.25, 0.3) is 5.65 Å². The van der Waals surface area contributed by atoms with Gasteiger partial charge in [-0.05, 0) is 50.8 Å². The first-order valence-corrected chi connectivity index (χ1v) is 11.7. The number of hydrogen-bond acceptors (Lipinski definition) is 5. The van der Waals surface area contributed by atoms with Crippen molar-refractivity contribution in [1.82, 2.24) is 24.5 Å². The van der Waals surface area contributed by atoms with Gasteiger partial charge in [-0.15, -0.1) is 5.10 Å². The summed E-state index contributed by atoms with van der Waals surface area (Å²) in [5.41, 5.74) is 3.64. The van der Waals surface area contributed by atoms with Crippen LogP contribution in [0.3, 0.4) is 0 Å². The third-order valence-corrected chi connectivity index (χ3v) is 6.58. The zero-order valence-electron chi connectivity index (χ0n) is 19.0. The van der Waals surface area contributed by atoms with Crippen LogP contribution in [-0.2, 0) is 17.8 Å². The summed E-state index contributed by atoms with van der Waals surface area (Å²) >= 11 is 1.46. The number of nitrogens with one attached hydrogen (secondary N) is 1. The van der Waals surface area contributed by atoms with E-state index in [0.717, 1.165) is 23.3 Å². The molecule has 0 radical (unpaired) electrons. The Kier molecular flexibility index (Phi) is 6.93. The average Bonchev–Trinajstić information content (AvgIpc) is 3.11. The Hall–Kier alpha value is -3.39. The molecule has 8 heteroatoms. The Morgan fingerprint density at radius 3 is 2.70 bits per heavy atom. The Morgan fingerprint density at radius 1 is 1.15 bits per heavy atom. The lowest BCUT2D eigenvalue weighted by atomic mass is 10.1. The number of amides is 1. The van der Waals surface area contributed by atoms with Crippen LogP contribution >= 0.6 is 11.8 Å². The predicted octanol–water partition coefficient (Wildman–Crippen LogP) is 3.80. The summed E-state index contributed by atoms with van der Waals surface area (Å²) in [4.78, 5) is 30.9. The number of rotatable bonds is 8. The largest absolute Gasteiger partial charge is 0.352 e. The lowest BCUT2D eigenvalue weighted by Crippen LogP contribution is -2.37. The summed E-state index contributed by atoms with van der Waals surface area (Å²) in [6, 6.07) is 16.3. The number of hydrogen-bond donors (Lipinski definition) is 1. The molecule has 0 saturated heterocycles. The van der Waals surface area contributed by atoms with Crippen LogP contribution in [0.1, 0.15) is 30.0 Å². The smallest absolute Gasteiger partial charge is 0.350 e. The molecule has 2 heterocycles. The van der Waals surface area contributed by atoms with E-state index >= 15 is 0 Å². The van der Waals surface area contributed by atoms with Gasteiger partial charge in [0.25, 0.3) is 0 Å². The minimum Gasteiger partial charge on any atom is -0.352 e. The molecule has 0 bridgehead atoms. The highest BCUT2D eigenvalue weighted by atomic mass is 32.2. The molecular weight excluding hydrogens is 434 g/mol. The Morgan fingerprint density at radius 2 is 1.94 bits per heavy atom. The van der Waals surface area contributed by atoms with E-state index in [2.05, 4.69) is 40.5 Å². The van der Waals surface area contributed by atoms with Crippen molar-refractivity contribution >= 4 is 23.3 Å². The van der Waals surface area contributed by atoms with Gasteiger partial charge < -0.3 is 5.32 Å². The summed E-state index contributed by atoms with van der Waals surface area (Å²) in [7, 11) is 0. The SMILES string of the molecule is Cc1ccc(Sc2nccn3c(=O)n(CC(=O)N[C@H](C)CCc4ccccc4)nc23)c(C)c1. The summed E-state index contributed by atoms with van der Waals surface area (Å²) in [6.07, 6.45) is 4.85. The molecular formula is C25H27N5O2S. The lowest BCUT2D eigenvalue weighted by molar-refractivity contribution is -0.122. The molecule has 0 aliphatic carbocycles. The molecule has 0 aliphatic heterocycles. The van der Waals surface area contributed by atoms with Crippen LogP contribution in [-0.4, -0.2) is 31.1 Å². The molecule has 170 valence electrons. The second-order valence-electron chi connectivity index (χ2n) is 8.23. The van der Waals surface area contributed by atoms with Gasteiger partial charge in [-0.25, -0.2) is 18.9 Å². The minimum absolute atomic E-state index is 0.0114. The molecule has 0 unspecified atom stereocenters. The second kappa shape index (κ2) is 10.0. The summed E-state index contributed by atoms with van der Waals surface area (Å²) < 4.78 is 2.63. The average molecular weight is 462 g/mol. The van der Waals surface area contributed by atoms with Crippen molar-refractivity contribution in [3.63, 3.8) is 0 Å². The fraction of sp³-hybridized carbons (Fsp3) is 0.280. The number of benzene rings is 2. The summed E-state index contributed by atoms with van der Waals surface area (Å²) in [5, 5.41) is 8.01. The normalized spacial score (nSPS) is 12.1. The quantitative estimate of drug-likeness (QED) is 0.432. The highest BCUT2D eigenvalue weighted by Crippen LogP contribution is 2.30. The molecule has 1 amide bonds. The first kappa shape index (κ1) is 22.8. The van der Waals surface area contributed by atoms with Crippen LogP contribution in [0.5, 0.6) is 0 Å². The summed E-state index contributed by atoms with van der Waals surface area (Å²) in [5.74, 6) is -0.238. The second-order valence-corrected chi connectivity index (χ2v) is 9.26. The van der Waals surface area contributed by atoms with Gasteiger partial charge in [-0.2, -0.15) is 0 Å². The minimum atomic E-state index is -0.359. The van der Waals surface area contributed by atoms with E-state index < -0.39 is 0 Å². The van der Waals surface area contributed by atoms with Gasteiger partial charge in [0, 0.05) is 23.3 Å². The maximum Gasteiger partial charge on any atom is 0.350 e. The van der Waals surface area contributed by atoms with Gasteiger partial charge in [-0.3, -0.25) is 4.79 Å². The molecule has 7 nitrogen and oxygen atoms in total. The van der Waals surface area contributed by atoms with Gasteiger partial charge in [0.2, 0.25) is 5.91 Å². The van der Waals surface area contributed by atoms with Gasteiger partial charge in [0.05, 0.1) is 0 Å². The fourth-order valence-electron chi connectivity index (χ4n) is 3.68. The van der Waals surface area contributed by atoms with Crippen molar-refractivity contribution < 1.29 is 4.79 Å². The van der Waals surface area contributed by atoms with Crippen LogP contribution < -0.4 is 11.0 Å². The monoisotopic (exact) mass is 461 g/mol. The first-order valence-electron chi connectivity index (χ1n) is 10.9. The van der Waals surface area contributed by atoms with Crippen molar-refractivity contribution in [2.75, 3.05) is 0 Å². The number of nitrogens with zero attached hydrogens (tertiary/aromatic N) is 4. The molecule has 0 saturated carbocycles. The number of carbonyl (C=O) groups is 1. The van der Waals surface area contributed by atoms with E-state index in [9.17, 15) is 9.59 Å². The molecule has 1 atom stereocenters. The number of aromatic nitrogens is 4. The van der Waals surface area contributed by atoms with Crippen molar-refractivity contribution in [2.45, 2.75) is 56.1 Å². The van der Waals surface area contributed by atoms with E-state index in [1.54, 1.807) is 12.4 Å². The van der Waals surface area contributed by atoms with Gasteiger partial charge in [-0.1, -0.05) is 59.8 Å². The lowest BCUT2D eigenvalue weighted by Gasteiger charge is -2.13. The molecule has 4 aromatic rings. The molecule has 2 aromatic heterocycles. The number of fused-ring (bicyclic) bond motifs is 1. The van der Waals surface area contributed by atoms with Crippen molar-refractivity contribution in [3.8, 4) is 0 Å². The van der Waals surface area contributed by atoms with E-state index in [4.69, 9.17) is 0 Å². The predicted molar refractivity (Wildman–Crippen MR) is 130 cm³/mol. The maximum absolute atomic E-state index is 12.8. The van der Waals surface area contributed by atoms with E-state index in [1.165, 1.54) is 32.0 Å². The highest BCUT2D eigenvalue weighted by molar-refractivity contribution is 7.99. The maximum atomic E-state index is 12.8. The highest BCUT2D eigenvalue weighted by Gasteiger charge is 2.16. The Labute approximate surface area is 196 Å². The third kappa shape index (κ3) is 5.51. The van der Waals surface area contributed by atoms with E-state index in [-0.39, 0.29) is 24.2 Å². The molecule has 2 aromatic carbocycles. The van der Waals surface area contributed by atoms with Crippen molar-refractivity contribution in [2.24, 2.45) is 0 Å². The van der Waals surface area contributed by atoms with Gasteiger partial charge in [0.15, 0.2) is 5.65 Å². The first-order chi connectivity index (χ1) is 15.9. The van der Waals surface area contributed by atoms with Crippen molar-refractivity contribution in [3.05, 3.63) is 88.1 Å². The van der Waals surface area contributed by atoms with Gasteiger partial charge in [0.1, 0.15) is 11.6 Å². The van der Waals surface area contributed by atoms with E-state index in [1.807, 2.05) is 44.2 Å². The molecule has 0 aliphatic rings. The topological polar surface area (TPSA) is 81.3 Å². The van der Waals surface area contributed by atoms with Crippen molar-refractivity contribution in [1.29, 1.82) is 0 Å². The zero-order chi connectivity index (χ0) is 23.4. The number of carbonyl (C=O) groups excluding carboxylic acids is 1. The van der Waals surface area contributed by atoms with Crippen LogP contribution in [0, 0.1) is 13.8 Å². The Balaban J connectivity index is 1.46. The summed E-state index contributed by atoms with van der Waals surface area (Å²) in [6.45, 7) is 5.93. The third-order valence-electron chi connectivity index (χ3n) is 5.42. The van der Waals surface area contributed by atoms with Crippen LogP contribution in [0.15, 0.2) is 75.6 Å². The molecule has 4 rings (SSSR count). The zero-order valence-corrected chi connectivity index (χ0v) is 19.8. The number of aryl methyl sites for hydroxylation is 3. The standard InChI is InChI=1S/C25H27N5O2S/c1-17-9-12-21(18(2)15-17)33-24-23-28-30(25(32)29(23)14-13-26-24)16-22(31)27-19(3)10-11-20-7-5-4-6-8-20/h4-9,12-15,19H,10-11,16H2,1-3H3,(H,27,31)/t19-/m1/s1. The van der Waals surface area contributed by atoms with Gasteiger partial charge >= 0.3 is 5.69 Å². The van der Waals surface area contributed by atoms with Crippen LogP contribution in [0.2, 0.25) is 0 Å². The van der Waals surface area contributed by atoms with E-state index in [0.29, 0.717) is 10.7 Å². The molecule has 33 heavy (non-hydrogen) atoms. The Bertz CT molecular complexity index is 1330. The molecule has 0 fully saturated rings. The molecule has 0 spiro atoms. The van der Waals surface area contributed by atoms with Crippen LogP contribution in [0.4, 0.5) is 0 Å². The molecule has 1 N–H and O–H groups in total.